The molecule has 0 saturated heterocycles. The Morgan fingerprint density at radius 2 is 1.69 bits per heavy atom. The highest BCUT2D eigenvalue weighted by Gasteiger charge is 2.38. The molecule has 5 rings (SSSR count). The van der Waals surface area contributed by atoms with Gasteiger partial charge < -0.3 is 5.32 Å². The van der Waals surface area contributed by atoms with E-state index in [1.165, 1.54) is 11.3 Å². The number of halogens is 2. The molecule has 1 aliphatic rings. The molecule has 0 bridgehead atoms. The van der Waals surface area contributed by atoms with Crippen molar-refractivity contribution in [2.45, 2.75) is 0 Å². The molecule has 4 aromatic rings. The molecular weight excluding hydrogens is 564 g/mol. The van der Waals surface area contributed by atoms with Crippen molar-refractivity contribution in [2.75, 3.05) is 15.5 Å². The van der Waals surface area contributed by atoms with Crippen LogP contribution in [0.1, 0.15) is 10.4 Å². The van der Waals surface area contributed by atoms with Crippen LogP contribution in [0.4, 0.5) is 16.5 Å². The van der Waals surface area contributed by atoms with Crippen LogP contribution in [-0.2, 0) is 9.59 Å². The second kappa shape index (κ2) is 10.1. The lowest BCUT2D eigenvalue weighted by Gasteiger charge is -2.15. The van der Waals surface area contributed by atoms with Gasteiger partial charge in [0.05, 0.1) is 11.4 Å². The van der Waals surface area contributed by atoms with Gasteiger partial charge in [0.1, 0.15) is 10.7 Å². The van der Waals surface area contributed by atoms with Crippen molar-refractivity contribution in [2.24, 2.45) is 0 Å². The molecular formula is C26H16BrClN4O3S. The van der Waals surface area contributed by atoms with Crippen LogP contribution >= 0.6 is 38.9 Å². The van der Waals surface area contributed by atoms with E-state index in [1.54, 1.807) is 54.6 Å². The standard InChI is InChI=1S/C26H16BrClN4O3S/c27-17-11-9-15(10-12-17)20-14-36-26(30-20)31-23(33)16-5-4-6-18(13-16)29-22-21(28)24(34)32(25(22)35)19-7-2-1-3-8-19/h1-14,29H,(H,30,31,33). The number of hydrogen-bond donors (Lipinski definition) is 2. The van der Waals surface area contributed by atoms with E-state index in [1.807, 2.05) is 29.6 Å². The summed E-state index contributed by atoms with van der Waals surface area (Å²) in [5.41, 5.74) is 2.83. The Morgan fingerprint density at radius 3 is 2.44 bits per heavy atom. The van der Waals surface area contributed by atoms with Crippen molar-refractivity contribution in [1.29, 1.82) is 0 Å². The molecule has 0 spiro atoms. The SMILES string of the molecule is O=C(Nc1nc(-c2ccc(Br)cc2)cs1)c1cccc(NC2=C(Cl)C(=O)N(c3ccccc3)C2=O)c1. The highest BCUT2D eigenvalue weighted by molar-refractivity contribution is 9.10. The molecule has 0 atom stereocenters. The van der Waals surface area contributed by atoms with Gasteiger partial charge in [-0.2, -0.15) is 0 Å². The predicted octanol–water partition coefficient (Wildman–Crippen LogP) is 6.26. The summed E-state index contributed by atoms with van der Waals surface area (Å²) in [7, 11) is 0. The van der Waals surface area contributed by atoms with Gasteiger partial charge in [-0.25, -0.2) is 9.88 Å². The molecule has 3 aromatic carbocycles. The minimum Gasteiger partial charge on any atom is -0.350 e. The fraction of sp³-hybridized carbons (Fsp3) is 0. The third-order valence-corrected chi connectivity index (χ3v) is 6.94. The largest absolute Gasteiger partial charge is 0.350 e. The van der Waals surface area contributed by atoms with E-state index < -0.39 is 11.8 Å². The van der Waals surface area contributed by atoms with Crippen LogP contribution in [0, 0.1) is 0 Å². The van der Waals surface area contributed by atoms with Crippen LogP contribution in [0.5, 0.6) is 0 Å². The van der Waals surface area contributed by atoms with E-state index in [9.17, 15) is 14.4 Å². The molecule has 3 amide bonds. The number of aromatic nitrogens is 1. The Hall–Kier alpha value is -3.79. The smallest absolute Gasteiger partial charge is 0.283 e. The summed E-state index contributed by atoms with van der Waals surface area (Å²) in [6, 6.07) is 22.8. The number of anilines is 3. The van der Waals surface area contributed by atoms with E-state index in [4.69, 9.17) is 11.6 Å². The number of para-hydroxylation sites is 1. The third-order valence-electron chi connectivity index (χ3n) is 5.30. The maximum Gasteiger partial charge on any atom is 0.283 e. The molecule has 0 unspecified atom stereocenters. The number of nitrogens with zero attached hydrogens (tertiary/aromatic N) is 2. The second-order valence-corrected chi connectivity index (χ2v) is 9.83. The summed E-state index contributed by atoms with van der Waals surface area (Å²) in [5.74, 6) is -1.56. The first-order valence-corrected chi connectivity index (χ1v) is 12.7. The van der Waals surface area contributed by atoms with E-state index in [-0.39, 0.29) is 16.6 Å². The number of carbonyl (C=O) groups excluding carboxylic acids is 3. The van der Waals surface area contributed by atoms with Crippen LogP contribution < -0.4 is 15.5 Å². The van der Waals surface area contributed by atoms with Crippen LogP contribution in [0.3, 0.4) is 0 Å². The van der Waals surface area contributed by atoms with Gasteiger partial charge in [0, 0.05) is 26.7 Å². The predicted molar refractivity (Wildman–Crippen MR) is 145 cm³/mol. The Labute approximate surface area is 223 Å². The highest BCUT2D eigenvalue weighted by Crippen LogP contribution is 2.30. The molecule has 1 aliphatic heterocycles. The summed E-state index contributed by atoms with van der Waals surface area (Å²) >= 11 is 10.9. The maximum atomic E-state index is 12.9. The van der Waals surface area contributed by atoms with Gasteiger partial charge in [-0.05, 0) is 42.5 Å². The van der Waals surface area contributed by atoms with Crippen LogP contribution in [0.25, 0.3) is 11.3 Å². The number of hydrogen-bond acceptors (Lipinski definition) is 6. The van der Waals surface area contributed by atoms with Crippen molar-refractivity contribution < 1.29 is 14.4 Å². The van der Waals surface area contributed by atoms with Gasteiger partial charge >= 0.3 is 0 Å². The first-order chi connectivity index (χ1) is 17.4. The quantitative estimate of drug-likeness (QED) is 0.263. The van der Waals surface area contributed by atoms with Crippen molar-refractivity contribution in [3.8, 4) is 11.3 Å². The Morgan fingerprint density at radius 1 is 0.944 bits per heavy atom. The molecule has 7 nitrogen and oxygen atoms in total. The van der Waals surface area contributed by atoms with Gasteiger partial charge in [-0.3, -0.25) is 19.7 Å². The molecule has 36 heavy (non-hydrogen) atoms. The summed E-state index contributed by atoms with van der Waals surface area (Å²) in [6.45, 7) is 0. The summed E-state index contributed by atoms with van der Waals surface area (Å²) < 4.78 is 0.969. The van der Waals surface area contributed by atoms with E-state index >= 15 is 0 Å². The Balaban J connectivity index is 1.31. The fourth-order valence-corrected chi connectivity index (χ4v) is 4.75. The van der Waals surface area contributed by atoms with Gasteiger partial charge in [0.2, 0.25) is 0 Å². The van der Waals surface area contributed by atoms with Crippen LogP contribution in [0.15, 0.2) is 99.4 Å². The normalized spacial score (nSPS) is 13.3. The second-order valence-electron chi connectivity index (χ2n) is 7.67. The van der Waals surface area contributed by atoms with Gasteiger partial charge in [0.25, 0.3) is 17.7 Å². The number of benzene rings is 3. The summed E-state index contributed by atoms with van der Waals surface area (Å²) in [4.78, 5) is 43.9. The zero-order valence-electron chi connectivity index (χ0n) is 18.4. The monoisotopic (exact) mass is 578 g/mol. The number of carbonyl (C=O) groups is 3. The Kier molecular flexibility index (Phi) is 6.69. The minimum atomic E-state index is -0.616. The lowest BCUT2D eigenvalue weighted by molar-refractivity contribution is -0.120. The fourth-order valence-electron chi connectivity index (χ4n) is 3.56. The Bertz CT molecular complexity index is 1520. The molecule has 0 fully saturated rings. The average molecular weight is 580 g/mol. The summed E-state index contributed by atoms with van der Waals surface area (Å²) in [6.07, 6.45) is 0. The van der Waals surface area contributed by atoms with Crippen molar-refractivity contribution in [1.82, 2.24) is 4.98 Å². The van der Waals surface area contributed by atoms with Crippen molar-refractivity contribution in [3.05, 3.63) is 105 Å². The maximum absolute atomic E-state index is 12.9. The number of rotatable bonds is 6. The molecule has 178 valence electrons. The van der Waals surface area contributed by atoms with Crippen molar-refractivity contribution in [3.63, 3.8) is 0 Å². The lowest BCUT2D eigenvalue weighted by atomic mass is 10.2. The first kappa shape index (κ1) is 23.9. The third kappa shape index (κ3) is 4.81. The van der Waals surface area contributed by atoms with Gasteiger partial charge in [-0.15, -0.1) is 11.3 Å². The highest BCUT2D eigenvalue weighted by atomic mass is 79.9. The topological polar surface area (TPSA) is 91.4 Å². The zero-order valence-corrected chi connectivity index (χ0v) is 21.5. The van der Waals surface area contributed by atoms with Crippen LogP contribution in [-0.4, -0.2) is 22.7 Å². The van der Waals surface area contributed by atoms with E-state index in [2.05, 4.69) is 31.5 Å². The van der Waals surface area contributed by atoms with Gasteiger partial charge in [0.15, 0.2) is 5.13 Å². The first-order valence-electron chi connectivity index (χ1n) is 10.6. The minimum absolute atomic E-state index is 0.0536. The lowest BCUT2D eigenvalue weighted by Crippen LogP contribution is -2.32. The average Bonchev–Trinajstić information content (AvgIpc) is 3.43. The summed E-state index contributed by atoms with van der Waals surface area (Å²) in [5, 5.41) is 7.80. The van der Waals surface area contributed by atoms with Crippen LogP contribution in [0.2, 0.25) is 0 Å². The zero-order chi connectivity index (χ0) is 25.2. The van der Waals surface area contributed by atoms with E-state index in [0.29, 0.717) is 22.1 Å². The number of nitrogens with one attached hydrogen (secondary N) is 2. The number of thiazole rings is 1. The molecule has 0 saturated carbocycles. The van der Waals surface area contributed by atoms with Crippen molar-refractivity contribution >= 4 is 73.1 Å². The number of imide groups is 1. The molecule has 1 aromatic heterocycles. The van der Waals surface area contributed by atoms with Gasteiger partial charge in [-0.1, -0.05) is 63.9 Å². The molecule has 10 heteroatoms. The molecule has 2 N–H and O–H groups in total. The number of amides is 3. The molecule has 0 radical (unpaired) electrons. The molecule has 2 heterocycles. The van der Waals surface area contributed by atoms with E-state index in [0.717, 1.165) is 20.6 Å². The molecule has 0 aliphatic carbocycles.